The highest BCUT2D eigenvalue weighted by molar-refractivity contribution is 9.10. The van der Waals surface area contributed by atoms with Gasteiger partial charge in [-0.25, -0.2) is 9.78 Å². The molecular formula is C14H14BrNO4. The fraction of sp³-hybridized carbons (Fsp3) is 0.286. The molecule has 2 rings (SSSR count). The summed E-state index contributed by atoms with van der Waals surface area (Å²) in [6, 6.07) is 5.80. The number of rotatable bonds is 4. The summed E-state index contributed by atoms with van der Waals surface area (Å²) in [5.41, 5.74) is 2.26. The van der Waals surface area contributed by atoms with Gasteiger partial charge in [0.1, 0.15) is 5.69 Å². The SMILES string of the molecule is COCc1nc(-c2cc(C)ccc2Br)oc1C(=O)OC. The zero-order valence-electron chi connectivity index (χ0n) is 11.4. The molecule has 5 nitrogen and oxygen atoms in total. The number of esters is 1. The van der Waals surface area contributed by atoms with Crippen molar-refractivity contribution in [3.05, 3.63) is 39.7 Å². The lowest BCUT2D eigenvalue weighted by molar-refractivity contribution is 0.0559. The Bertz CT molecular complexity index is 636. The molecule has 0 saturated heterocycles. The van der Waals surface area contributed by atoms with Crippen LogP contribution in [-0.2, 0) is 16.1 Å². The monoisotopic (exact) mass is 339 g/mol. The van der Waals surface area contributed by atoms with Crippen molar-refractivity contribution in [3.63, 3.8) is 0 Å². The van der Waals surface area contributed by atoms with Gasteiger partial charge in [-0.05, 0) is 35.0 Å². The maximum atomic E-state index is 11.7. The highest BCUT2D eigenvalue weighted by atomic mass is 79.9. The Morgan fingerprint density at radius 3 is 2.80 bits per heavy atom. The summed E-state index contributed by atoms with van der Waals surface area (Å²) < 4.78 is 16.1. The predicted molar refractivity (Wildman–Crippen MR) is 76.4 cm³/mol. The lowest BCUT2D eigenvalue weighted by Crippen LogP contribution is -2.04. The Hall–Kier alpha value is -1.66. The number of hydrogen-bond donors (Lipinski definition) is 0. The largest absolute Gasteiger partial charge is 0.463 e. The van der Waals surface area contributed by atoms with Gasteiger partial charge in [0, 0.05) is 11.6 Å². The van der Waals surface area contributed by atoms with Crippen LogP contribution >= 0.6 is 15.9 Å². The predicted octanol–water partition coefficient (Wildman–Crippen LogP) is 3.35. The van der Waals surface area contributed by atoms with Gasteiger partial charge in [-0.15, -0.1) is 0 Å². The van der Waals surface area contributed by atoms with Crippen molar-refractivity contribution in [2.24, 2.45) is 0 Å². The summed E-state index contributed by atoms with van der Waals surface area (Å²) in [4.78, 5) is 16.0. The molecule has 1 heterocycles. The van der Waals surface area contributed by atoms with Gasteiger partial charge in [-0.3, -0.25) is 0 Å². The second-order valence-corrected chi connectivity index (χ2v) is 5.06. The topological polar surface area (TPSA) is 61.6 Å². The summed E-state index contributed by atoms with van der Waals surface area (Å²) in [7, 11) is 2.82. The minimum absolute atomic E-state index is 0.0674. The number of ether oxygens (including phenoxy) is 2. The molecule has 0 bridgehead atoms. The van der Waals surface area contributed by atoms with E-state index in [0.717, 1.165) is 15.6 Å². The molecule has 0 spiro atoms. The van der Waals surface area contributed by atoms with Gasteiger partial charge < -0.3 is 13.9 Å². The number of carbonyl (C=O) groups is 1. The molecule has 0 radical (unpaired) electrons. The molecule has 1 aromatic carbocycles. The van der Waals surface area contributed by atoms with E-state index < -0.39 is 5.97 Å². The van der Waals surface area contributed by atoms with Gasteiger partial charge in [0.25, 0.3) is 0 Å². The average molecular weight is 340 g/mol. The Kier molecular flexibility index (Phi) is 4.57. The lowest BCUT2D eigenvalue weighted by atomic mass is 10.1. The molecule has 0 unspecified atom stereocenters. The molecule has 0 N–H and O–H groups in total. The van der Waals surface area contributed by atoms with E-state index in [-0.39, 0.29) is 12.4 Å². The summed E-state index contributed by atoms with van der Waals surface area (Å²) in [5, 5.41) is 0. The zero-order chi connectivity index (χ0) is 14.7. The molecule has 1 aromatic heterocycles. The highest BCUT2D eigenvalue weighted by Gasteiger charge is 2.22. The summed E-state index contributed by atoms with van der Waals surface area (Å²) in [6.45, 7) is 2.15. The molecule has 0 amide bonds. The van der Waals surface area contributed by atoms with Crippen LogP contribution in [0.3, 0.4) is 0 Å². The molecule has 0 fully saturated rings. The molecule has 6 heteroatoms. The number of aryl methyl sites for hydroxylation is 1. The zero-order valence-corrected chi connectivity index (χ0v) is 13.0. The molecular weight excluding hydrogens is 326 g/mol. The van der Waals surface area contributed by atoms with Crippen molar-refractivity contribution in [1.82, 2.24) is 4.98 Å². The first-order chi connectivity index (χ1) is 9.56. The van der Waals surface area contributed by atoms with Crippen molar-refractivity contribution in [2.75, 3.05) is 14.2 Å². The second-order valence-electron chi connectivity index (χ2n) is 4.20. The van der Waals surface area contributed by atoms with Crippen molar-refractivity contribution >= 4 is 21.9 Å². The van der Waals surface area contributed by atoms with Gasteiger partial charge in [0.15, 0.2) is 0 Å². The molecule has 0 saturated carbocycles. The third-order valence-corrected chi connectivity index (χ3v) is 3.39. The van der Waals surface area contributed by atoms with E-state index in [9.17, 15) is 4.79 Å². The molecule has 0 aliphatic carbocycles. The Balaban J connectivity index is 2.52. The highest BCUT2D eigenvalue weighted by Crippen LogP contribution is 2.30. The Morgan fingerprint density at radius 2 is 2.15 bits per heavy atom. The smallest absolute Gasteiger partial charge is 0.376 e. The molecule has 2 aromatic rings. The van der Waals surface area contributed by atoms with Crippen LogP contribution in [-0.4, -0.2) is 25.2 Å². The van der Waals surface area contributed by atoms with Crippen LogP contribution in [0.2, 0.25) is 0 Å². The molecule has 0 aliphatic heterocycles. The van der Waals surface area contributed by atoms with E-state index in [4.69, 9.17) is 9.15 Å². The fourth-order valence-corrected chi connectivity index (χ4v) is 2.17. The summed E-state index contributed by atoms with van der Waals surface area (Å²) >= 11 is 3.45. The van der Waals surface area contributed by atoms with E-state index in [2.05, 4.69) is 25.7 Å². The van der Waals surface area contributed by atoms with E-state index in [0.29, 0.717) is 11.6 Å². The molecule has 0 atom stereocenters. The van der Waals surface area contributed by atoms with Gasteiger partial charge in [-0.1, -0.05) is 11.6 Å². The summed E-state index contributed by atoms with van der Waals surface area (Å²) in [5.74, 6) is -0.148. The van der Waals surface area contributed by atoms with Crippen LogP contribution in [0.25, 0.3) is 11.5 Å². The van der Waals surface area contributed by atoms with E-state index >= 15 is 0 Å². The van der Waals surface area contributed by atoms with Crippen LogP contribution in [0.4, 0.5) is 0 Å². The van der Waals surface area contributed by atoms with Gasteiger partial charge >= 0.3 is 5.97 Å². The van der Waals surface area contributed by atoms with Crippen LogP contribution in [0.15, 0.2) is 27.1 Å². The number of carbonyl (C=O) groups excluding carboxylic acids is 1. The van der Waals surface area contributed by atoms with Crippen molar-refractivity contribution in [1.29, 1.82) is 0 Å². The Morgan fingerprint density at radius 1 is 1.40 bits per heavy atom. The average Bonchev–Trinajstić information content (AvgIpc) is 2.85. The molecule has 0 aliphatic rings. The number of nitrogens with zero attached hydrogens (tertiary/aromatic N) is 1. The van der Waals surface area contributed by atoms with Crippen molar-refractivity contribution in [3.8, 4) is 11.5 Å². The van der Waals surface area contributed by atoms with Gasteiger partial charge in [-0.2, -0.15) is 0 Å². The van der Waals surface area contributed by atoms with Crippen LogP contribution < -0.4 is 0 Å². The second kappa shape index (κ2) is 6.19. The maximum Gasteiger partial charge on any atom is 0.376 e. The fourth-order valence-electron chi connectivity index (χ4n) is 1.76. The summed E-state index contributed by atoms with van der Waals surface area (Å²) in [6.07, 6.45) is 0. The van der Waals surface area contributed by atoms with E-state index in [1.165, 1.54) is 14.2 Å². The molecule has 106 valence electrons. The normalized spacial score (nSPS) is 10.6. The number of hydrogen-bond acceptors (Lipinski definition) is 5. The third-order valence-electron chi connectivity index (χ3n) is 2.70. The minimum Gasteiger partial charge on any atom is -0.463 e. The van der Waals surface area contributed by atoms with Crippen LogP contribution in [0.5, 0.6) is 0 Å². The molecule has 20 heavy (non-hydrogen) atoms. The number of aromatic nitrogens is 1. The first-order valence-corrected chi connectivity index (χ1v) is 6.69. The number of oxazole rings is 1. The van der Waals surface area contributed by atoms with Crippen molar-refractivity contribution in [2.45, 2.75) is 13.5 Å². The van der Waals surface area contributed by atoms with Gasteiger partial charge in [0.05, 0.1) is 19.3 Å². The first kappa shape index (κ1) is 14.7. The van der Waals surface area contributed by atoms with Crippen LogP contribution in [0.1, 0.15) is 21.8 Å². The number of benzene rings is 1. The Labute approximate surface area is 125 Å². The van der Waals surface area contributed by atoms with Gasteiger partial charge in [0.2, 0.25) is 11.7 Å². The third kappa shape index (κ3) is 2.91. The standard InChI is InChI=1S/C14H14BrNO4/c1-8-4-5-10(15)9(6-8)13-16-11(7-18-2)12(20-13)14(17)19-3/h4-6H,7H2,1-3H3. The first-order valence-electron chi connectivity index (χ1n) is 5.90. The van der Waals surface area contributed by atoms with E-state index in [1.807, 2.05) is 25.1 Å². The maximum absolute atomic E-state index is 11.7. The number of methoxy groups -OCH3 is 2. The van der Waals surface area contributed by atoms with Crippen molar-refractivity contribution < 1.29 is 18.7 Å². The van der Waals surface area contributed by atoms with E-state index in [1.54, 1.807) is 0 Å². The minimum atomic E-state index is -0.570. The number of halogens is 1. The lowest BCUT2D eigenvalue weighted by Gasteiger charge is -2.01. The van der Waals surface area contributed by atoms with Crippen LogP contribution in [0, 0.1) is 6.92 Å². The quantitative estimate of drug-likeness (QED) is 0.799.